The summed E-state index contributed by atoms with van der Waals surface area (Å²) in [6.07, 6.45) is 7.17. The van der Waals surface area contributed by atoms with Gasteiger partial charge in [0.25, 0.3) is 0 Å². The smallest absolute Gasteiger partial charge is 0.316 e. The maximum absolute atomic E-state index is 13.6. The Morgan fingerprint density at radius 3 is 2.71 bits per heavy atom. The van der Waals surface area contributed by atoms with E-state index < -0.39 is 23.0 Å². The fourth-order valence-electron chi connectivity index (χ4n) is 8.80. The number of anilines is 1. The van der Waals surface area contributed by atoms with Crippen LogP contribution in [-0.4, -0.2) is 53.3 Å². The number of ether oxygens (including phenoxy) is 1. The van der Waals surface area contributed by atoms with Gasteiger partial charge in [0.05, 0.1) is 17.9 Å². The van der Waals surface area contributed by atoms with Crippen molar-refractivity contribution in [3.8, 4) is 0 Å². The molecule has 3 saturated carbocycles. The zero-order valence-corrected chi connectivity index (χ0v) is 26.4. The van der Waals surface area contributed by atoms with Gasteiger partial charge in [-0.25, -0.2) is 0 Å². The standard InChI is InChI=1S/C34H48N2O5S/c1-6-32(4)19-27(33(5)21(2)13-15-34(22(3)30(32)39)16-14-26(37)29(33)34)41-28(38)20-42-24-11-9-10-23(18-24)36-31(40)25-12-7-8-17-35-25/h6,9-11,18,21-22,25,27,29-30,35,39H,1,7-8,12-17,19-20H2,2-5H3,(H,36,40)/t21-,22+,25?,27-,29?,30+,32-,33+,34?/m1/s1. The lowest BCUT2D eigenvalue weighted by Crippen LogP contribution is -2.63. The third-order valence-electron chi connectivity index (χ3n) is 11.7. The number of esters is 1. The predicted molar refractivity (Wildman–Crippen MR) is 166 cm³/mol. The van der Waals surface area contributed by atoms with Gasteiger partial charge in [0.2, 0.25) is 5.91 Å². The van der Waals surface area contributed by atoms with Crippen LogP contribution in [0.3, 0.4) is 0 Å². The minimum atomic E-state index is -0.682. The highest BCUT2D eigenvalue weighted by Gasteiger charge is 2.68. The summed E-state index contributed by atoms with van der Waals surface area (Å²) in [5.41, 5.74) is -0.767. The highest BCUT2D eigenvalue weighted by Crippen LogP contribution is 2.68. The number of aliphatic hydroxyl groups excluding tert-OH is 1. The van der Waals surface area contributed by atoms with Gasteiger partial charge in [-0.05, 0) is 80.5 Å². The summed E-state index contributed by atoms with van der Waals surface area (Å²) < 4.78 is 6.37. The lowest BCUT2D eigenvalue weighted by atomic mass is 9.44. The molecule has 230 valence electrons. The third kappa shape index (κ3) is 5.48. The van der Waals surface area contributed by atoms with Crippen molar-refractivity contribution >= 4 is 35.1 Å². The second kappa shape index (κ2) is 12.1. The van der Waals surface area contributed by atoms with Gasteiger partial charge in [0.1, 0.15) is 11.9 Å². The molecule has 42 heavy (non-hydrogen) atoms. The summed E-state index contributed by atoms with van der Waals surface area (Å²) in [5, 5.41) is 18.0. The molecule has 1 heterocycles. The topological polar surface area (TPSA) is 105 Å². The lowest BCUT2D eigenvalue weighted by Gasteiger charge is -2.61. The minimum absolute atomic E-state index is 0.0327. The van der Waals surface area contributed by atoms with E-state index in [9.17, 15) is 19.5 Å². The molecule has 1 saturated heterocycles. The minimum Gasteiger partial charge on any atom is -0.461 e. The largest absolute Gasteiger partial charge is 0.461 e. The lowest BCUT2D eigenvalue weighted by molar-refractivity contribution is -0.205. The van der Waals surface area contributed by atoms with Crippen LogP contribution in [0.4, 0.5) is 5.69 Å². The second-order valence-electron chi connectivity index (χ2n) is 13.9. The Labute approximate surface area is 255 Å². The first-order chi connectivity index (χ1) is 19.9. The van der Waals surface area contributed by atoms with E-state index >= 15 is 0 Å². The van der Waals surface area contributed by atoms with Gasteiger partial charge in [-0.3, -0.25) is 14.4 Å². The molecule has 3 N–H and O–H groups in total. The molecule has 0 aromatic heterocycles. The van der Waals surface area contributed by atoms with Crippen LogP contribution in [0.5, 0.6) is 0 Å². The number of rotatable bonds is 7. The van der Waals surface area contributed by atoms with Crippen LogP contribution < -0.4 is 10.6 Å². The Kier molecular flexibility index (Phi) is 9.00. The van der Waals surface area contributed by atoms with Crippen molar-refractivity contribution in [3.63, 3.8) is 0 Å². The summed E-state index contributed by atoms with van der Waals surface area (Å²) in [6.45, 7) is 13.4. The van der Waals surface area contributed by atoms with E-state index in [1.165, 1.54) is 11.8 Å². The fourth-order valence-corrected chi connectivity index (χ4v) is 9.54. The van der Waals surface area contributed by atoms with Crippen molar-refractivity contribution in [2.45, 2.75) is 102 Å². The normalized spacial score (nSPS) is 39.9. The van der Waals surface area contributed by atoms with Gasteiger partial charge in [-0.2, -0.15) is 0 Å². The molecular formula is C34H48N2O5S. The number of Topliss-reactive ketones (excluding diaryl/α,β-unsaturated/α-hetero) is 1. The number of carbonyl (C=O) groups excluding carboxylic acids is 3. The first-order valence-electron chi connectivity index (χ1n) is 15.8. The number of thioether (sulfide) groups is 1. The summed E-state index contributed by atoms with van der Waals surface area (Å²) >= 11 is 1.37. The summed E-state index contributed by atoms with van der Waals surface area (Å²) in [7, 11) is 0. The zero-order chi connectivity index (χ0) is 30.3. The number of piperidine rings is 1. The number of hydrogen-bond acceptors (Lipinski definition) is 7. The molecule has 5 rings (SSSR count). The van der Waals surface area contributed by atoms with Crippen LogP contribution >= 0.6 is 11.8 Å². The number of carbonyl (C=O) groups is 3. The van der Waals surface area contributed by atoms with Crippen LogP contribution in [0.15, 0.2) is 41.8 Å². The Morgan fingerprint density at radius 1 is 1.21 bits per heavy atom. The van der Waals surface area contributed by atoms with Crippen molar-refractivity contribution in [1.29, 1.82) is 0 Å². The molecular weight excluding hydrogens is 548 g/mol. The van der Waals surface area contributed by atoms with E-state index in [2.05, 4.69) is 38.0 Å². The molecule has 0 radical (unpaired) electrons. The van der Waals surface area contributed by atoms with Crippen molar-refractivity contribution in [2.24, 2.45) is 34.0 Å². The number of aliphatic hydroxyl groups is 1. The zero-order valence-electron chi connectivity index (χ0n) is 25.6. The van der Waals surface area contributed by atoms with Crippen LogP contribution in [-0.2, 0) is 19.1 Å². The molecule has 2 bridgehead atoms. The highest BCUT2D eigenvalue weighted by atomic mass is 32.2. The molecule has 4 fully saturated rings. The summed E-state index contributed by atoms with van der Waals surface area (Å²) in [5.74, 6) is -0.114. The van der Waals surface area contributed by atoms with Crippen molar-refractivity contribution in [1.82, 2.24) is 5.32 Å². The number of benzene rings is 1. The van der Waals surface area contributed by atoms with E-state index in [4.69, 9.17) is 4.74 Å². The van der Waals surface area contributed by atoms with E-state index in [0.29, 0.717) is 18.5 Å². The molecule has 3 unspecified atom stereocenters. The molecule has 7 nitrogen and oxygen atoms in total. The molecule has 1 amide bonds. The SMILES string of the molecule is C=C[C@]1(C)C[C@@H](OC(=O)CSc2cccc(NC(=O)C3CCCCN3)c2)[C@@]2(C)C3C(=O)CCC3(CC[C@H]2C)[C@@H](C)[C@@H]1O. The first kappa shape index (κ1) is 31.3. The van der Waals surface area contributed by atoms with Gasteiger partial charge in [0, 0.05) is 33.8 Å². The monoisotopic (exact) mass is 596 g/mol. The van der Waals surface area contributed by atoms with Crippen LogP contribution in [0, 0.1) is 34.0 Å². The molecule has 1 aliphatic heterocycles. The number of ketones is 1. The van der Waals surface area contributed by atoms with Gasteiger partial charge in [-0.1, -0.05) is 46.3 Å². The van der Waals surface area contributed by atoms with Crippen LogP contribution in [0.2, 0.25) is 0 Å². The van der Waals surface area contributed by atoms with Gasteiger partial charge >= 0.3 is 5.97 Å². The Balaban J connectivity index is 1.33. The van der Waals surface area contributed by atoms with E-state index in [0.717, 1.165) is 50.0 Å². The average Bonchev–Trinajstić information content (AvgIpc) is 3.35. The molecule has 4 aliphatic rings. The van der Waals surface area contributed by atoms with Crippen molar-refractivity contribution in [2.75, 3.05) is 17.6 Å². The molecule has 1 aromatic rings. The summed E-state index contributed by atoms with van der Waals surface area (Å²) in [6, 6.07) is 7.36. The molecule has 1 aromatic carbocycles. The quantitative estimate of drug-likeness (QED) is 0.209. The van der Waals surface area contributed by atoms with E-state index in [1.54, 1.807) is 0 Å². The van der Waals surface area contributed by atoms with E-state index in [-0.39, 0.29) is 52.6 Å². The number of amides is 1. The molecule has 3 aliphatic carbocycles. The maximum Gasteiger partial charge on any atom is 0.316 e. The second-order valence-corrected chi connectivity index (χ2v) is 14.9. The first-order valence-corrected chi connectivity index (χ1v) is 16.7. The van der Waals surface area contributed by atoms with Crippen molar-refractivity contribution in [3.05, 3.63) is 36.9 Å². The van der Waals surface area contributed by atoms with Crippen molar-refractivity contribution < 1.29 is 24.2 Å². The van der Waals surface area contributed by atoms with Crippen LogP contribution in [0.25, 0.3) is 0 Å². The molecule has 0 spiro atoms. The highest BCUT2D eigenvalue weighted by molar-refractivity contribution is 8.00. The summed E-state index contributed by atoms with van der Waals surface area (Å²) in [4.78, 5) is 40.6. The van der Waals surface area contributed by atoms with E-state index in [1.807, 2.05) is 37.3 Å². The van der Waals surface area contributed by atoms with Crippen LogP contribution in [0.1, 0.15) is 79.1 Å². The van der Waals surface area contributed by atoms with Gasteiger partial charge < -0.3 is 20.5 Å². The average molecular weight is 597 g/mol. The maximum atomic E-state index is 13.6. The molecule has 9 atom stereocenters. The fraction of sp³-hybridized carbons (Fsp3) is 0.676. The number of hydrogen-bond donors (Lipinski definition) is 3. The Hall–Kier alpha value is -2.16. The third-order valence-corrected chi connectivity index (χ3v) is 12.6. The van der Waals surface area contributed by atoms with Gasteiger partial charge in [-0.15, -0.1) is 18.3 Å². The number of nitrogens with one attached hydrogen (secondary N) is 2. The molecule has 8 heteroatoms. The van der Waals surface area contributed by atoms with Gasteiger partial charge in [0.15, 0.2) is 0 Å². The predicted octanol–water partition coefficient (Wildman–Crippen LogP) is 5.77. The Morgan fingerprint density at radius 2 is 2.00 bits per heavy atom. The Bertz CT molecular complexity index is 1220.